The number of nitrogens with two attached hydrogens (primary N) is 1. The van der Waals surface area contributed by atoms with Crippen LogP contribution in [-0.4, -0.2) is 26.4 Å². The minimum Gasteiger partial charge on any atom is -0.326 e. The van der Waals surface area contributed by atoms with E-state index in [9.17, 15) is 13.2 Å². The number of sulfonamides is 1. The summed E-state index contributed by atoms with van der Waals surface area (Å²) in [6.07, 6.45) is 1.75. The highest BCUT2D eigenvalue weighted by Gasteiger charge is 2.24. The predicted molar refractivity (Wildman–Crippen MR) is 95.3 cm³/mol. The van der Waals surface area contributed by atoms with Crippen molar-refractivity contribution in [1.82, 2.24) is 4.72 Å². The molecule has 132 valence electrons. The topological polar surface area (TPSA) is 101 Å². The highest BCUT2D eigenvalue weighted by Crippen LogP contribution is 2.16. The Morgan fingerprint density at radius 3 is 2.09 bits per heavy atom. The maximum absolute atomic E-state index is 12.2. The van der Waals surface area contributed by atoms with Gasteiger partial charge in [-0.1, -0.05) is 20.8 Å². The van der Waals surface area contributed by atoms with E-state index in [0.29, 0.717) is 24.9 Å². The number of amides is 1. The Balaban J connectivity index is 0.00000484. The molecule has 0 saturated heterocycles. The molecule has 0 aliphatic rings. The second kappa shape index (κ2) is 9.22. The number of benzene rings is 1. The van der Waals surface area contributed by atoms with Crippen molar-refractivity contribution >= 4 is 34.0 Å². The van der Waals surface area contributed by atoms with Crippen molar-refractivity contribution in [2.45, 2.75) is 50.5 Å². The molecule has 0 aliphatic heterocycles. The van der Waals surface area contributed by atoms with Crippen LogP contribution in [0.15, 0.2) is 29.2 Å². The Bertz CT molecular complexity index is 599. The van der Waals surface area contributed by atoms with Crippen LogP contribution in [0, 0.1) is 0 Å². The minimum atomic E-state index is -3.61. The molecule has 1 aromatic rings. The predicted octanol–water partition coefficient (Wildman–Crippen LogP) is 2.25. The third-order valence-electron chi connectivity index (χ3n) is 3.79. The molecular weight excluding hydrogens is 338 g/mol. The smallest absolute Gasteiger partial charge is 0.240 e. The number of anilines is 1. The van der Waals surface area contributed by atoms with Crippen molar-refractivity contribution in [1.29, 1.82) is 0 Å². The number of halogens is 1. The molecule has 0 saturated carbocycles. The van der Waals surface area contributed by atoms with Crippen LogP contribution in [0.1, 0.15) is 40.0 Å². The van der Waals surface area contributed by atoms with Gasteiger partial charge in [0.2, 0.25) is 15.9 Å². The van der Waals surface area contributed by atoms with E-state index in [2.05, 4.69) is 10.0 Å². The van der Waals surface area contributed by atoms with Crippen LogP contribution in [0.4, 0.5) is 5.69 Å². The van der Waals surface area contributed by atoms with E-state index in [1.165, 1.54) is 12.1 Å². The Labute approximate surface area is 144 Å². The zero-order valence-corrected chi connectivity index (χ0v) is 15.4. The second-order valence-electron chi connectivity index (χ2n) is 5.32. The summed E-state index contributed by atoms with van der Waals surface area (Å²) in [5.41, 5.74) is 6.13. The number of rotatable bonds is 8. The molecule has 1 rings (SSSR count). The molecule has 1 aromatic carbocycles. The van der Waals surface area contributed by atoms with Crippen molar-refractivity contribution in [3.8, 4) is 0 Å². The van der Waals surface area contributed by atoms with E-state index in [1.807, 2.05) is 13.8 Å². The largest absolute Gasteiger partial charge is 0.326 e. The van der Waals surface area contributed by atoms with E-state index >= 15 is 0 Å². The molecule has 8 heteroatoms. The standard InChI is InChI=1S/C15H25N3O3S.ClH/c1-4-14(19)18-12-7-9-13(10-8-12)22(20,21)17-11-15(16,5-2)6-3;/h7-10,17H,4-6,11,16H2,1-3H3,(H,18,19);1H. The lowest BCUT2D eigenvalue weighted by atomic mass is 9.95. The van der Waals surface area contributed by atoms with Gasteiger partial charge in [0.25, 0.3) is 0 Å². The number of nitrogens with one attached hydrogen (secondary N) is 2. The number of carbonyl (C=O) groups is 1. The van der Waals surface area contributed by atoms with Gasteiger partial charge in [0.15, 0.2) is 0 Å². The molecule has 0 atom stereocenters. The summed E-state index contributed by atoms with van der Waals surface area (Å²) in [5.74, 6) is -0.118. The van der Waals surface area contributed by atoms with Crippen LogP contribution >= 0.6 is 12.4 Å². The Morgan fingerprint density at radius 2 is 1.65 bits per heavy atom. The van der Waals surface area contributed by atoms with Crippen LogP contribution < -0.4 is 15.8 Å². The number of carbonyl (C=O) groups excluding carboxylic acids is 1. The molecule has 0 spiro atoms. The Kier molecular flexibility index (Phi) is 8.76. The third-order valence-corrected chi connectivity index (χ3v) is 5.21. The lowest BCUT2D eigenvalue weighted by Gasteiger charge is -2.26. The van der Waals surface area contributed by atoms with Crippen LogP contribution in [0.2, 0.25) is 0 Å². The summed E-state index contributed by atoms with van der Waals surface area (Å²) in [4.78, 5) is 11.4. The fourth-order valence-corrected chi connectivity index (χ4v) is 2.93. The number of hydrogen-bond donors (Lipinski definition) is 3. The minimum absolute atomic E-state index is 0. The van der Waals surface area contributed by atoms with Crippen molar-refractivity contribution in [3.63, 3.8) is 0 Å². The zero-order chi connectivity index (χ0) is 16.8. The highest BCUT2D eigenvalue weighted by atomic mass is 35.5. The van der Waals surface area contributed by atoms with Gasteiger partial charge >= 0.3 is 0 Å². The van der Waals surface area contributed by atoms with Crippen molar-refractivity contribution < 1.29 is 13.2 Å². The average Bonchev–Trinajstić information content (AvgIpc) is 2.53. The van der Waals surface area contributed by atoms with E-state index in [-0.39, 0.29) is 29.8 Å². The molecular formula is C15H26ClN3O3S. The van der Waals surface area contributed by atoms with Gasteiger partial charge in [-0.25, -0.2) is 13.1 Å². The lowest BCUT2D eigenvalue weighted by Crippen LogP contribution is -2.49. The van der Waals surface area contributed by atoms with Crippen LogP contribution in [-0.2, 0) is 14.8 Å². The van der Waals surface area contributed by atoms with Crippen LogP contribution in [0.25, 0.3) is 0 Å². The van der Waals surface area contributed by atoms with Crippen LogP contribution in [0.5, 0.6) is 0 Å². The first-order valence-corrected chi connectivity index (χ1v) is 8.93. The fourth-order valence-electron chi connectivity index (χ4n) is 1.79. The summed E-state index contributed by atoms with van der Waals surface area (Å²) in [6, 6.07) is 6.06. The molecule has 1 amide bonds. The molecule has 0 radical (unpaired) electrons. The Morgan fingerprint density at radius 1 is 1.13 bits per heavy atom. The summed E-state index contributed by atoms with van der Waals surface area (Å²) < 4.78 is 27.0. The molecule has 0 bridgehead atoms. The summed E-state index contributed by atoms with van der Waals surface area (Å²) in [7, 11) is -3.61. The monoisotopic (exact) mass is 363 g/mol. The van der Waals surface area contributed by atoms with Crippen molar-refractivity contribution in [2.24, 2.45) is 5.73 Å². The van der Waals surface area contributed by atoms with Gasteiger partial charge in [-0.05, 0) is 37.1 Å². The van der Waals surface area contributed by atoms with E-state index in [4.69, 9.17) is 5.73 Å². The maximum atomic E-state index is 12.2. The van der Waals surface area contributed by atoms with Gasteiger partial charge in [0.05, 0.1) is 4.90 Å². The van der Waals surface area contributed by atoms with E-state index < -0.39 is 15.6 Å². The van der Waals surface area contributed by atoms with Gasteiger partial charge < -0.3 is 11.1 Å². The number of hydrogen-bond acceptors (Lipinski definition) is 4. The van der Waals surface area contributed by atoms with Gasteiger partial charge in [0, 0.05) is 24.2 Å². The first kappa shape index (κ1) is 21.9. The molecule has 0 unspecified atom stereocenters. The first-order valence-electron chi connectivity index (χ1n) is 7.44. The van der Waals surface area contributed by atoms with Crippen LogP contribution in [0.3, 0.4) is 0 Å². The average molecular weight is 364 g/mol. The summed E-state index contributed by atoms with van der Waals surface area (Å²) in [6.45, 7) is 5.81. The lowest BCUT2D eigenvalue weighted by molar-refractivity contribution is -0.115. The fraction of sp³-hybridized carbons (Fsp3) is 0.533. The summed E-state index contributed by atoms with van der Waals surface area (Å²) >= 11 is 0. The van der Waals surface area contributed by atoms with Gasteiger partial charge in [-0.2, -0.15) is 0 Å². The highest BCUT2D eigenvalue weighted by molar-refractivity contribution is 7.89. The SMILES string of the molecule is CCC(=O)Nc1ccc(S(=O)(=O)NCC(N)(CC)CC)cc1.Cl. The van der Waals surface area contributed by atoms with Gasteiger partial charge in [0.1, 0.15) is 0 Å². The molecule has 4 N–H and O–H groups in total. The first-order chi connectivity index (χ1) is 10.3. The summed E-state index contributed by atoms with van der Waals surface area (Å²) in [5, 5.41) is 2.67. The molecule has 0 heterocycles. The quantitative estimate of drug-likeness (QED) is 0.659. The van der Waals surface area contributed by atoms with Crippen molar-refractivity contribution in [2.75, 3.05) is 11.9 Å². The maximum Gasteiger partial charge on any atom is 0.240 e. The van der Waals surface area contributed by atoms with E-state index in [0.717, 1.165) is 0 Å². The Hall–Kier alpha value is -1.15. The third kappa shape index (κ3) is 6.47. The molecule has 0 aliphatic carbocycles. The van der Waals surface area contributed by atoms with E-state index in [1.54, 1.807) is 19.1 Å². The van der Waals surface area contributed by atoms with Gasteiger partial charge in [-0.3, -0.25) is 4.79 Å². The molecule has 23 heavy (non-hydrogen) atoms. The second-order valence-corrected chi connectivity index (χ2v) is 7.09. The molecule has 6 nitrogen and oxygen atoms in total. The molecule has 0 aromatic heterocycles. The normalized spacial score (nSPS) is 11.7. The zero-order valence-electron chi connectivity index (χ0n) is 13.8. The van der Waals surface area contributed by atoms with Gasteiger partial charge in [-0.15, -0.1) is 12.4 Å². The van der Waals surface area contributed by atoms with Crippen molar-refractivity contribution in [3.05, 3.63) is 24.3 Å². The molecule has 0 fully saturated rings.